The van der Waals surface area contributed by atoms with Crippen molar-refractivity contribution in [1.29, 1.82) is 0 Å². The number of nitrogens with zero attached hydrogens (tertiary/aromatic N) is 4. The maximum Gasteiger partial charge on any atom is 0.0848 e. The summed E-state index contributed by atoms with van der Waals surface area (Å²) in [5.74, 6) is 0. The van der Waals surface area contributed by atoms with Crippen LogP contribution >= 0.6 is 11.6 Å². The minimum absolute atomic E-state index is 0.713. The molecule has 82 valence electrons. The summed E-state index contributed by atoms with van der Waals surface area (Å²) in [6, 6.07) is 7.43. The van der Waals surface area contributed by atoms with Crippen LogP contribution in [0.15, 0.2) is 29.4 Å². The Bertz CT molecular complexity index is 513. The van der Waals surface area contributed by atoms with Gasteiger partial charge in [0.2, 0.25) is 0 Å². The Hall–Kier alpha value is -1.68. The number of hydrogen-bond donors (Lipinski definition) is 0. The third kappa shape index (κ3) is 2.28. The van der Waals surface area contributed by atoms with Crippen LogP contribution in [0.5, 0.6) is 0 Å². The van der Waals surface area contributed by atoms with Crippen molar-refractivity contribution in [3.63, 3.8) is 0 Å². The molecule has 0 saturated carbocycles. The predicted molar refractivity (Wildman–Crippen MR) is 63.9 cm³/mol. The van der Waals surface area contributed by atoms with E-state index in [9.17, 15) is 0 Å². The minimum atomic E-state index is 0.713. The van der Waals surface area contributed by atoms with Gasteiger partial charge in [-0.1, -0.05) is 23.7 Å². The number of hydrogen-bond acceptors (Lipinski definition) is 3. The third-order valence-corrected chi connectivity index (χ3v) is 2.54. The van der Waals surface area contributed by atoms with Gasteiger partial charge in [0.25, 0.3) is 0 Å². The smallest absolute Gasteiger partial charge is 0.0848 e. The molecule has 0 saturated heterocycles. The maximum absolute atomic E-state index is 5.79. The van der Waals surface area contributed by atoms with Crippen LogP contribution in [0.1, 0.15) is 17.0 Å². The van der Waals surface area contributed by atoms with Crippen LogP contribution in [0.3, 0.4) is 0 Å². The second kappa shape index (κ2) is 4.45. The molecule has 1 aromatic carbocycles. The first-order valence-corrected chi connectivity index (χ1v) is 5.23. The summed E-state index contributed by atoms with van der Waals surface area (Å²) in [5.41, 5.74) is 2.79. The van der Waals surface area contributed by atoms with Crippen molar-refractivity contribution in [2.24, 2.45) is 5.10 Å². The van der Waals surface area contributed by atoms with Crippen molar-refractivity contribution in [2.45, 2.75) is 13.8 Å². The van der Waals surface area contributed by atoms with Crippen LogP contribution in [-0.2, 0) is 0 Å². The lowest BCUT2D eigenvalue weighted by atomic mass is 10.2. The highest BCUT2D eigenvalue weighted by Crippen LogP contribution is 2.08. The number of aromatic nitrogens is 3. The lowest BCUT2D eigenvalue weighted by molar-refractivity contribution is 0.679. The molecule has 2 rings (SSSR count). The van der Waals surface area contributed by atoms with Crippen molar-refractivity contribution in [3.8, 4) is 0 Å². The van der Waals surface area contributed by atoms with Gasteiger partial charge in [0, 0.05) is 5.02 Å². The predicted octanol–water partition coefficient (Wildman–Crippen LogP) is 2.43. The fraction of sp³-hybridized carbons (Fsp3) is 0.182. The lowest BCUT2D eigenvalue weighted by Gasteiger charge is -1.95. The highest BCUT2D eigenvalue weighted by molar-refractivity contribution is 6.30. The van der Waals surface area contributed by atoms with Crippen molar-refractivity contribution < 1.29 is 0 Å². The molecule has 0 spiro atoms. The Morgan fingerprint density at radius 2 is 1.94 bits per heavy atom. The summed E-state index contributed by atoms with van der Waals surface area (Å²) in [6.45, 7) is 3.82. The van der Waals surface area contributed by atoms with Crippen LogP contribution in [0.4, 0.5) is 0 Å². The Morgan fingerprint density at radius 1 is 1.25 bits per heavy atom. The molecule has 0 fully saturated rings. The molecule has 16 heavy (non-hydrogen) atoms. The van der Waals surface area contributed by atoms with Crippen LogP contribution < -0.4 is 0 Å². The van der Waals surface area contributed by atoms with Crippen molar-refractivity contribution in [1.82, 2.24) is 15.1 Å². The fourth-order valence-electron chi connectivity index (χ4n) is 1.17. The summed E-state index contributed by atoms with van der Waals surface area (Å²) in [7, 11) is 0. The summed E-state index contributed by atoms with van der Waals surface area (Å²) in [6.07, 6.45) is 1.72. The Morgan fingerprint density at radius 3 is 2.50 bits per heavy atom. The third-order valence-electron chi connectivity index (χ3n) is 2.29. The summed E-state index contributed by atoms with van der Waals surface area (Å²) < 4.78 is 0. The molecule has 0 aliphatic rings. The molecular weight excluding hydrogens is 224 g/mol. The SMILES string of the molecule is Cc1nnn(/N=C/c2ccc(Cl)cc2)c1C. The van der Waals surface area contributed by atoms with E-state index in [1.165, 1.54) is 4.79 Å². The largest absolute Gasteiger partial charge is 0.157 e. The maximum atomic E-state index is 5.79. The highest BCUT2D eigenvalue weighted by atomic mass is 35.5. The molecule has 1 heterocycles. The lowest BCUT2D eigenvalue weighted by Crippen LogP contribution is -1.95. The molecule has 0 amide bonds. The van der Waals surface area contributed by atoms with Gasteiger partial charge in [-0.05, 0) is 36.8 Å². The first kappa shape index (κ1) is 10.8. The molecule has 0 aliphatic carbocycles. The van der Waals surface area contributed by atoms with Crippen molar-refractivity contribution in [3.05, 3.63) is 46.2 Å². The van der Waals surface area contributed by atoms with E-state index >= 15 is 0 Å². The summed E-state index contributed by atoms with van der Waals surface area (Å²) in [4.78, 5) is 1.50. The number of halogens is 1. The molecule has 0 bridgehead atoms. The molecule has 0 N–H and O–H groups in total. The van der Waals surface area contributed by atoms with Gasteiger partial charge in [-0.3, -0.25) is 0 Å². The zero-order valence-corrected chi connectivity index (χ0v) is 9.81. The number of rotatable bonds is 2. The second-order valence-corrected chi connectivity index (χ2v) is 3.88. The summed E-state index contributed by atoms with van der Waals surface area (Å²) >= 11 is 5.79. The topological polar surface area (TPSA) is 43.1 Å². The highest BCUT2D eigenvalue weighted by Gasteiger charge is 2.00. The second-order valence-electron chi connectivity index (χ2n) is 3.45. The molecule has 0 atom stereocenters. The first-order chi connectivity index (χ1) is 7.66. The molecule has 5 heteroatoms. The van der Waals surface area contributed by atoms with E-state index in [0.29, 0.717) is 5.02 Å². The Balaban J connectivity index is 2.21. The average molecular weight is 235 g/mol. The van der Waals surface area contributed by atoms with Crippen LogP contribution in [-0.4, -0.2) is 21.3 Å². The molecule has 0 unspecified atom stereocenters. The van der Waals surface area contributed by atoms with Gasteiger partial charge in [-0.2, -0.15) is 5.10 Å². The van der Waals surface area contributed by atoms with E-state index in [1.54, 1.807) is 6.21 Å². The summed E-state index contributed by atoms with van der Waals surface area (Å²) in [5, 5.41) is 12.7. The zero-order chi connectivity index (χ0) is 11.5. The molecule has 4 nitrogen and oxygen atoms in total. The zero-order valence-electron chi connectivity index (χ0n) is 9.05. The van der Waals surface area contributed by atoms with Gasteiger partial charge in [-0.15, -0.1) is 9.89 Å². The van der Waals surface area contributed by atoms with Crippen LogP contribution in [0.25, 0.3) is 0 Å². The van der Waals surface area contributed by atoms with Gasteiger partial charge in [-0.25, -0.2) is 0 Å². The van der Waals surface area contributed by atoms with Crippen molar-refractivity contribution >= 4 is 17.8 Å². The van der Waals surface area contributed by atoms with E-state index in [4.69, 9.17) is 11.6 Å². The van der Waals surface area contributed by atoms with E-state index in [1.807, 2.05) is 38.1 Å². The number of benzene rings is 1. The van der Waals surface area contributed by atoms with Crippen LogP contribution in [0.2, 0.25) is 5.02 Å². The Kier molecular flexibility index (Phi) is 3.01. The van der Waals surface area contributed by atoms with Gasteiger partial charge in [0.1, 0.15) is 0 Å². The first-order valence-electron chi connectivity index (χ1n) is 4.85. The molecular formula is C11H11ClN4. The van der Waals surface area contributed by atoms with Gasteiger partial charge >= 0.3 is 0 Å². The van der Waals surface area contributed by atoms with Gasteiger partial charge < -0.3 is 0 Å². The molecule has 0 aliphatic heterocycles. The normalized spacial score (nSPS) is 11.2. The Labute approximate surface area is 98.5 Å². The van der Waals surface area contributed by atoms with Crippen molar-refractivity contribution in [2.75, 3.05) is 0 Å². The quantitative estimate of drug-likeness (QED) is 0.749. The minimum Gasteiger partial charge on any atom is -0.157 e. The van der Waals surface area contributed by atoms with Crippen LogP contribution in [0, 0.1) is 13.8 Å². The fourth-order valence-corrected chi connectivity index (χ4v) is 1.30. The molecule has 0 radical (unpaired) electrons. The molecule has 1 aromatic heterocycles. The van der Waals surface area contributed by atoms with E-state index in [-0.39, 0.29) is 0 Å². The van der Waals surface area contributed by atoms with E-state index in [2.05, 4.69) is 15.4 Å². The van der Waals surface area contributed by atoms with Gasteiger partial charge in [0.15, 0.2) is 0 Å². The average Bonchev–Trinajstić information content (AvgIpc) is 2.60. The number of aryl methyl sites for hydroxylation is 1. The van der Waals surface area contributed by atoms with E-state index in [0.717, 1.165) is 17.0 Å². The monoisotopic (exact) mass is 234 g/mol. The standard InChI is InChI=1S/C11H11ClN4/c1-8-9(2)16(15-14-8)13-7-10-3-5-11(12)6-4-10/h3-7H,1-2H3/b13-7+. The van der Waals surface area contributed by atoms with Gasteiger partial charge in [0.05, 0.1) is 17.6 Å². The van der Waals surface area contributed by atoms with E-state index < -0.39 is 0 Å². The molecule has 2 aromatic rings.